The molecule has 0 spiro atoms. The maximum absolute atomic E-state index is 12.8. The summed E-state index contributed by atoms with van der Waals surface area (Å²) in [6, 6.07) is 13.9. The fraction of sp³-hybridized carbons (Fsp3) is 0.182. The number of carbonyl (C=O) groups is 3. The van der Waals surface area contributed by atoms with Crippen LogP contribution < -0.4 is 16.2 Å². The highest BCUT2D eigenvalue weighted by Crippen LogP contribution is 2.23. The third-order valence-corrected chi connectivity index (χ3v) is 6.37. The smallest absolute Gasteiger partial charge is 0.261 e. The number of likely N-dealkylation sites (tertiary alicyclic amines) is 1. The van der Waals surface area contributed by atoms with Crippen LogP contribution >= 0.6 is 22.9 Å². The van der Waals surface area contributed by atoms with E-state index in [0.717, 1.165) is 11.3 Å². The molecular formula is C22H19ClN4O4S. The van der Waals surface area contributed by atoms with Gasteiger partial charge in [-0.3, -0.25) is 23.7 Å². The second-order valence-electron chi connectivity index (χ2n) is 7.27. The number of hydrogen-bond acceptors (Lipinski definition) is 5. The monoisotopic (exact) mass is 470 g/mol. The standard InChI is InChI=1S/C22H19ClN4O4S/c23-19-9-8-18(32-19)22(31)25-15-11-17(26(12-15)13-28)21(30)24-14-4-6-16(7-5-14)27-10-2-1-3-20(27)29/h1-10,13,15,17H,11-12H2,(H,24,30)(H,25,31)/t15-,17?/m0/s1. The lowest BCUT2D eigenvalue weighted by molar-refractivity contribution is -0.127. The number of hydrogen-bond donors (Lipinski definition) is 2. The van der Waals surface area contributed by atoms with Crippen LogP contribution in [0.3, 0.4) is 0 Å². The van der Waals surface area contributed by atoms with Crippen molar-refractivity contribution in [3.05, 3.63) is 80.4 Å². The third kappa shape index (κ3) is 4.74. The molecular weight excluding hydrogens is 452 g/mol. The zero-order valence-electron chi connectivity index (χ0n) is 16.7. The van der Waals surface area contributed by atoms with E-state index in [0.29, 0.717) is 33.4 Å². The molecule has 0 bridgehead atoms. The number of halogens is 1. The van der Waals surface area contributed by atoms with E-state index in [-0.39, 0.29) is 30.0 Å². The average molecular weight is 471 g/mol. The largest absolute Gasteiger partial charge is 0.347 e. The van der Waals surface area contributed by atoms with Gasteiger partial charge in [0, 0.05) is 36.2 Å². The zero-order chi connectivity index (χ0) is 22.7. The Morgan fingerprint density at radius 3 is 2.53 bits per heavy atom. The van der Waals surface area contributed by atoms with E-state index < -0.39 is 6.04 Å². The second-order valence-corrected chi connectivity index (χ2v) is 8.99. The predicted molar refractivity (Wildman–Crippen MR) is 122 cm³/mol. The van der Waals surface area contributed by atoms with Crippen LogP contribution in [0.2, 0.25) is 4.34 Å². The Morgan fingerprint density at radius 1 is 1.09 bits per heavy atom. The summed E-state index contributed by atoms with van der Waals surface area (Å²) in [7, 11) is 0. The molecule has 1 aliphatic heterocycles. The number of anilines is 1. The number of rotatable bonds is 6. The lowest BCUT2D eigenvalue weighted by Gasteiger charge is -2.18. The molecule has 32 heavy (non-hydrogen) atoms. The predicted octanol–water partition coefficient (Wildman–Crippen LogP) is 2.52. The van der Waals surface area contributed by atoms with E-state index in [2.05, 4.69) is 10.6 Å². The molecule has 8 nitrogen and oxygen atoms in total. The molecule has 1 aliphatic rings. The van der Waals surface area contributed by atoms with Gasteiger partial charge in [-0.05, 0) is 48.9 Å². The van der Waals surface area contributed by atoms with Gasteiger partial charge < -0.3 is 15.5 Å². The van der Waals surface area contributed by atoms with Crippen LogP contribution in [0.4, 0.5) is 5.69 Å². The lowest BCUT2D eigenvalue weighted by Crippen LogP contribution is -2.38. The van der Waals surface area contributed by atoms with Crippen molar-refractivity contribution in [2.75, 3.05) is 11.9 Å². The van der Waals surface area contributed by atoms with Crippen molar-refractivity contribution in [2.24, 2.45) is 0 Å². The number of benzene rings is 1. The Kier molecular flexibility index (Phi) is 6.38. The molecule has 10 heteroatoms. The SMILES string of the molecule is O=CN1C[C@@H](NC(=O)c2ccc(Cl)s2)CC1C(=O)Nc1ccc(-n2ccccc2=O)cc1. The van der Waals surface area contributed by atoms with Gasteiger partial charge in [-0.2, -0.15) is 0 Å². The average Bonchev–Trinajstić information content (AvgIpc) is 3.41. The molecule has 2 atom stereocenters. The summed E-state index contributed by atoms with van der Waals surface area (Å²) in [5, 5.41) is 5.65. The summed E-state index contributed by atoms with van der Waals surface area (Å²) < 4.78 is 2.00. The maximum Gasteiger partial charge on any atom is 0.261 e. The van der Waals surface area contributed by atoms with Gasteiger partial charge in [-0.1, -0.05) is 17.7 Å². The molecule has 3 amide bonds. The van der Waals surface area contributed by atoms with Crippen molar-refractivity contribution >= 4 is 46.8 Å². The second kappa shape index (κ2) is 9.37. The highest BCUT2D eigenvalue weighted by molar-refractivity contribution is 7.18. The van der Waals surface area contributed by atoms with E-state index in [1.54, 1.807) is 54.7 Å². The quantitative estimate of drug-likeness (QED) is 0.540. The van der Waals surface area contributed by atoms with Crippen LogP contribution in [-0.4, -0.2) is 46.3 Å². The molecule has 3 aromatic rings. The lowest BCUT2D eigenvalue weighted by atomic mass is 10.1. The minimum Gasteiger partial charge on any atom is -0.347 e. The normalized spacial score (nSPS) is 17.7. The Labute approximate surface area is 192 Å². The molecule has 0 aliphatic carbocycles. The molecule has 164 valence electrons. The molecule has 0 radical (unpaired) electrons. The zero-order valence-corrected chi connectivity index (χ0v) is 18.3. The van der Waals surface area contributed by atoms with Crippen molar-refractivity contribution in [2.45, 2.75) is 18.5 Å². The summed E-state index contributed by atoms with van der Waals surface area (Å²) in [5.41, 5.74) is 1.05. The van der Waals surface area contributed by atoms with Crippen molar-refractivity contribution in [1.29, 1.82) is 0 Å². The molecule has 1 saturated heterocycles. The van der Waals surface area contributed by atoms with Crippen LogP contribution in [0, 0.1) is 0 Å². The van der Waals surface area contributed by atoms with Crippen molar-refractivity contribution in [1.82, 2.24) is 14.8 Å². The number of thiophene rings is 1. The number of nitrogens with zero attached hydrogens (tertiary/aromatic N) is 2. The molecule has 1 unspecified atom stereocenters. The highest BCUT2D eigenvalue weighted by Gasteiger charge is 2.37. The number of pyridine rings is 1. The molecule has 1 aromatic carbocycles. The van der Waals surface area contributed by atoms with Gasteiger partial charge in [0.25, 0.3) is 11.5 Å². The summed E-state index contributed by atoms with van der Waals surface area (Å²) in [6.07, 6.45) is 2.57. The van der Waals surface area contributed by atoms with E-state index in [1.807, 2.05) is 0 Å². The van der Waals surface area contributed by atoms with Crippen LogP contribution in [0.15, 0.2) is 65.6 Å². The number of carbonyl (C=O) groups excluding carboxylic acids is 3. The van der Waals surface area contributed by atoms with Crippen LogP contribution in [0.1, 0.15) is 16.1 Å². The van der Waals surface area contributed by atoms with Crippen molar-refractivity contribution in [3.8, 4) is 5.69 Å². The van der Waals surface area contributed by atoms with Crippen molar-refractivity contribution < 1.29 is 14.4 Å². The number of aromatic nitrogens is 1. The first-order valence-electron chi connectivity index (χ1n) is 9.81. The van der Waals surface area contributed by atoms with Gasteiger partial charge in [0.05, 0.1) is 9.21 Å². The van der Waals surface area contributed by atoms with E-state index >= 15 is 0 Å². The molecule has 4 rings (SSSR count). The Hall–Kier alpha value is -3.43. The Bertz CT molecular complexity index is 1210. The van der Waals surface area contributed by atoms with E-state index in [9.17, 15) is 19.2 Å². The molecule has 2 aromatic heterocycles. The number of amides is 3. The Morgan fingerprint density at radius 2 is 1.88 bits per heavy atom. The van der Waals surface area contributed by atoms with Crippen LogP contribution in [-0.2, 0) is 9.59 Å². The van der Waals surface area contributed by atoms with E-state index in [1.165, 1.54) is 15.5 Å². The van der Waals surface area contributed by atoms with Crippen molar-refractivity contribution in [3.63, 3.8) is 0 Å². The van der Waals surface area contributed by atoms with E-state index in [4.69, 9.17) is 11.6 Å². The first-order valence-corrected chi connectivity index (χ1v) is 11.0. The molecule has 0 saturated carbocycles. The summed E-state index contributed by atoms with van der Waals surface area (Å²) in [5.74, 6) is -0.636. The fourth-order valence-corrected chi connectivity index (χ4v) is 4.55. The first-order chi connectivity index (χ1) is 15.4. The Balaban J connectivity index is 1.40. The molecule has 2 N–H and O–H groups in total. The summed E-state index contributed by atoms with van der Waals surface area (Å²) >= 11 is 7.04. The highest BCUT2D eigenvalue weighted by atomic mass is 35.5. The van der Waals surface area contributed by atoms with Gasteiger partial charge in [0.15, 0.2) is 0 Å². The minimum absolute atomic E-state index is 0.158. The topological polar surface area (TPSA) is 101 Å². The summed E-state index contributed by atoms with van der Waals surface area (Å²) in [4.78, 5) is 50.4. The van der Waals surface area contributed by atoms with Gasteiger partial charge in [0.2, 0.25) is 12.3 Å². The fourth-order valence-electron chi connectivity index (χ4n) is 3.60. The van der Waals surface area contributed by atoms with Gasteiger partial charge >= 0.3 is 0 Å². The van der Waals surface area contributed by atoms with Crippen LogP contribution in [0.5, 0.6) is 0 Å². The number of nitrogens with one attached hydrogen (secondary N) is 2. The first kappa shape index (κ1) is 21.8. The molecule has 3 heterocycles. The van der Waals surface area contributed by atoms with Gasteiger partial charge in [0.1, 0.15) is 6.04 Å². The van der Waals surface area contributed by atoms with Crippen LogP contribution in [0.25, 0.3) is 5.69 Å². The third-order valence-electron chi connectivity index (χ3n) is 5.15. The minimum atomic E-state index is -0.707. The maximum atomic E-state index is 12.8. The molecule has 1 fully saturated rings. The van der Waals surface area contributed by atoms with Gasteiger partial charge in [-0.25, -0.2) is 0 Å². The van der Waals surface area contributed by atoms with Gasteiger partial charge in [-0.15, -0.1) is 11.3 Å². The summed E-state index contributed by atoms with van der Waals surface area (Å²) in [6.45, 7) is 0.238.